The number of nitrogens with zero attached hydrogens (tertiary/aromatic N) is 3. The topological polar surface area (TPSA) is 77.7 Å². The molecular formula is C29H28N4O3. The van der Waals surface area contributed by atoms with Gasteiger partial charge in [0.25, 0.3) is 5.91 Å². The van der Waals surface area contributed by atoms with E-state index < -0.39 is 0 Å². The molecule has 182 valence electrons. The average molecular weight is 481 g/mol. The first-order chi connectivity index (χ1) is 17.7. The summed E-state index contributed by atoms with van der Waals surface area (Å²) < 4.78 is 12.9. The molecule has 0 bridgehead atoms. The maximum absolute atomic E-state index is 12.5. The van der Waals surface area contributed by atoms with E-state index in [1.807, 2.05) is 60.8 Å². The lowest BCUT2D eigenvalue weighted by atomic mass is 10.1. The summed E-state index contributed by atoms with van der Waals surface area (Å²) >= 11 is 0. The lowest BCUT2D eigenvalue weighted by Gasteiger charge is -2.05. The molecule has 0 fully saturated rings. The molecule has 1 aromatic heterocycles. The van der Waals surface area contributed by atoms with E-state index in [4.69, 9.17) is 14.6 Å². The van der Waals surface area contributed by atoms with Crippen molar-refractivity contribution in [3.05, 3.63) is 109 Å². The number of hydrogen-bond donors (Lipinski definition) is 1. The Hall–Kier alpha value is -4.65. The lowest BCUT2D eigenvalue weighted by Crippen LogP contribution is -2.17. The zero-order valence-corrected chi connectivity index (χ0v) is 20.1. The quantitative estimate of drug-likeness (QED) is 0.171. The number of para-hydroxylation sites is 1. The fourth-order valence-corrected chi connectivity index (χ4v) is 3.43. The normalized spacial score (nSPS) is 10.8. The number of benzene rings is 3. The van der Waals surface area contributed by atoms with E-state index in [1.165, 1.54) is 0 Å². The smallest absolute Gasteiger partial charge is 0.271 e. The number of ether oxygens (including phenoxy) is 2. The summed E-state index contributed by atoms with van der Waals surface area (Å²) in [6, 6.07) is 24.5. The van der Waals surface area contributed by atoms with Crippen molar-refractivity contribution in [3.8, 4) is 28.4 Å². The van der Waals surface area contributed by atoms with E-state index in [9.17, 15) is 4.79 Å². The molecule has 0 aliphatic carbocycles. The van der Waals surface area contributed by atoms with Crippen molar-refractivity contribution < 1.29 is 14.3 Å². The summed E-state index contributed by atoms with van der Waals surface area (Å²) in [5.41, 5.74) is 6.39. The van der Waals surface area contributed by atoms with Crippen molar-refractivity contribution in [3.63, 3.8) is 0 Å². The molecule has 0 unspecified atom stereocenters. The van der Waals surface area contributed by atoms with Gasteiger partial charge in [-0.05, 0) is 67.1 Å². The Labute approximate surface area is 210 Å². The minimum absolute atomic E-state index is 0.323. The Morgan fingerprint density at radius 2 is 1.69 bits per heavy atom. The van der Waals surface area contributed by atoms with E-state index in [2.05, 4.69) is 24.0 Å². The first-order valence-corrected chi connectivity index (χ1v) is 11.7. The molecule has 36 heavy (non-hydrogen) atoms. The third-order valence-corrected chi connectivity index (χ3v) is 5.22. The molecule has 4 rings (SSSR count). The van der Waals surface area contributed by atoms with Crippen molar-refractivity contribution in [1.29, 1.82) is 0 Å². The molecule has 1 amide bonds. The fraction of sp³-hybridized carbons (Fsp3) is 0.138. The van der Waals surface area contributed by atoms with Crippen molar-refractivity contribution in [2.45, 2.75) is 13.3 Å². The van der Waals surface area contributed by atoms with Gasteiger partial charge in [-0.25, -0.2) is 10.1 Å². The van der Waals surface area contributed by atoms with Gasteiger partial charge in [0.2, 0.25) is 0 Å². The second kappa shape index (κ2) is 12.2. The third-order valence-electron chi connectivity index (χ3n) is 5.22. The van der Waals surface area contributed by atoms with Gasteiger partial charge >= 0.3 is 0 Å². The minimum Gasteiger partial charge on any atom is -0.494 e. The molecule has 1 N–H and O–H groups in total. The second-order valence-corrected chi connectivity index (χ2v) is 7.91. The molecule has 0 saturated carbocycles. The first kappa shape index (κ1) is 24.5. The van der Waals surface area contributed by atoms with Gasteiger partial charge < -0.3 is 9.47 Å². The van der Waals surface area contributed by atoms with Gasteiger partial charge in [-0.15, -0.1) is 0 Å². The molecule has 3 aromatic carbocycles. The van der Waals surface area contributed by atoms with Gasteiger partial charge in [0.1, 0.15) is 23.8 Å². The summed E-state index contributed by atoms with van der Waals surface area (Å²) in [6.45, 7) is 6.77. The van der Waals surface area contributed by atoms with E-state index in [0.717, 1.165) is 34.7 Å². The fourth-order valence-electron chi connectivity index (χ4n) is 3.43. The van der Waals surface area contributed by atoms with Crippen LogP contribution >= 0.6 is 0 Å². The van der Waals surface area contributed by atoms with Crippen LogP contribution in [0.4, 0.5) is 0 Å². The largest absolute Gasteiger partial charge is 0.494 e. The van der Waals surface area contributed by atoms with Crippen LogP contribution in [0.25, 0.3) is 16.9 Å². The highest BCUT2D eigenvalue weighted by molar-refractivity contribution is 5.95. The Morgan fingerprint density at radius 3 is 2.39 bits per heavy atom. The Kier molecular flexibility index (Phi) is 8.27. The zero-order chi connectivity index (χ0) is 25.2. The molecule has 7 heteroatoms. The lowest BCUT2D eigenvalue weighted by molar-refractivity contribution is 0.0955. The predicted molar refractivity (Wildman–Crippen MR) is 142 cm³/mol. The van der Waals surface area contributed by atoms with Crippen molar-refractivity contribution in [2.24, 2.45) is 5.10 Å². The summed E-state index contributed by atoms with van der Waals surface area (Å²) in [4.78, 5) is 12.5. The van der Waals surface area contributed by atoms with Crippen LogP contribution in [0.5, 0.6) is 11.5 Å². The molecule has 0 radical (unpaired) electrons. The van der Waals surface area contributed by atoms with Gasteiger partial charge in [-0.3, -0.25) is 4.79 Å². The van der Waals surface area contributed by atoms with Gasteiger partial charge in [0, 0.05) is 22.9 Å². The molecule has 1 heterocycles. The van der Waals surface area contributed by atoms with Crippen LogP contribution in [-0.2, 0) is 0 Å². The monoisotopic (exact) mass is 480 g/mol. The highest BCUT2D eigenvalue weighted by Gasteiger charge is 2.12. The summed E-state index contributed by atoms with van der Waals surface area (Å²) in [6.07, 6.45) is 6.09. The van der Waals surface area contributed by atoms with E-state index in [0.29, 0.717) is 24.5 Å². The summed E-state index contributed by atoms with van der Waals surface area (Å²) in [7, 11) is 0. The average Bonchev–Trinajstić information content (AvgIpc) is 3.36. The SMILES string of the molecule is C=CCOc1ccc(C(=O)N/N=C\c2cn(-c3ccccc3)nc2-c2ccc(OCCC)cc2)cc1. The number of hydrazone groups is 1. The van der Waals surface area contributed by atoms with Gasteiger partial charge in [0.15, 0.2) is 0 Å². The second-order valence-electron chi connectivity index (χ2n) is 7.91. The number of amides is 1. The van der Waals surface area contributed by atoms with Gasteiger partial charge in [-0.2, -0.15) is 10.2 Å². The molecule has 0 atom stereocenters. The van der Waals surface area contributed by atoms with Crippen LogP contribution in [-0.4, -0.2) is 35.1 Å². The molecule has 0 saturated heterocycles. The Morgan fingerprint density at radius 1 is 1.00 bits per heavy atom. The highest BCUT2D eigenvalue weighted by Crippen LogP contribution is 2.25. The van der Waals surface area contributed by atoms with Crippen molar-refractivity contribution in [2.75, 3.05) is 13.2 Å². The molecule has 0 aliphatic rings. The van der Waals surface area contributed by atoms with Crippen LogP contribution in [0.1, 0.15) is 29.3 Å². The van der Waals surface area contributed by atoms with Gasteiger partial charge in [0.05, 0.1) is 18.5 Å². The van der Waals surface area contributed by atoms with Crippen LogP contribution in [0.3, 0.4) is 0 Å². The van der Waals surface area contributed by atoms with Gasteiger partial charge in [-0.1, -0.05) is 37.8 Å². The number of aromatic nitrogens is 2. The van der Waals surface area contributed by atoms with Crippen LogP contribution in [0.15, 0.2) is 103 Å². The number of hydrogen-bond acceptors (Lipinski definition) is 5. The molecular weight excluding hydrogens is 452 g/mol. The molecule has 4 aromatic rings. The van der Waals surface area contributed by atoms with E-state index in [1.54, 1.807) is 41.2 Å². The molecule has 0 aliphatic heterocycles. The molecule has 7 nitrogen and oxygen atoms in total. The van der Waals surface area contributed by atoms with Crippen LogP contribution in [0.2, 0.25) is 0 Å². The number of carbonyl (C=O) groups is 1. The van der Waals surface area contributed by atoms with E-state index >= 15 is 0 Å². The summed E-state index contributed by atoms with van der Waals surface area (Å²) in [5.74, 6) is 1.15. The molecule has 0 spiro atoms. The van der Waals surface area contributed by atoms with Crippen LogP contribution < -0.4 is 14.9 Å². The maximum atomic E-state index is 12.5. The van der Waals surface area contributed by atoms with Crippen molar-refractivity contribution >= 4 is 12.1 Å². The maximum Gasteiger partial charge on any atom is 0.271 e. The number of nitrogens with one attached hydrogen (secondary N) is 1. The standard InChI is InChI=1S/C29H28N4O3/c1-3-18-35-26-14-10-22(11-15-26)28-24(21-33(32-28)25-8-6-5-7-9-25)20-30-31-29(34)23-12-16-27(17-13-23)36-19-4-2/h4-17,20-21H,2-3,18-19H2,1H3,(H,31,34)/b30-20-. The zero-order valence-electron chi connectivity index (χ0n) is 20.1. The Bertz CT molecular complexity index is 1310. The third kappa shape index (κ3) is 6.27. The number of carbonyl (C=O) groups excluding carboxylic acids is 1. The van der Waals surface area contributed by atoms with E-state index in [-0.39, 0.29) is 5.91 Å². The Balaban J connectivity index is 1.54. The van der Waals surface area contributed by atoms with Crippen LogP contribution in [0, 0.1) is 0 Å². The minimum atomic E-state index is -0.323. The first-order valence-electron chi connectivity index (χ1n) is 11.7. The predicted octanol–water partition coefficient (Wildman–Crippen LogP) is 5.66. The summed E-state index contributed by atoms with van der Waals surface area (Å²) in [5, 5.41) is 8.98. The highest BCUT2D eigenvalue weighted by atomic mass is 16.5. The number of rotatable bonds is 11. The van der Waals surface area contributed by atoms with Crippen molar-refractivity contribution in [1.82, 2.24) is 15.2 Å².